The van der Waals surface area contributed by atoms with Gasteiger partial charge in [-0.3, -0.25) is 4.79 Å². The van der Waals surface area contributed by atoms with Crippen LogP contribution in [0.1, 0.15) is 32.1 Å². The highest BCUT2D eigenvalue weighted by molar-refractivity contribution is 8.03. The first-order valence-corrected chi connectivity index (χ1v) is 14.1. The number of imidazole rings is 1. The number of carbonyl (C=O) groups is 3. The van der Waals surface area contributed by atoms with E-state index < -0.39 is 42.3 Å². The van der Waals surface area contributed by atoms with E-state index in [2.05, 4.69) is 6.58 Å². The molecule has 0 spiro atoms. The number of aromatic nitrogens is 2. The highest BCUT2D eigenvalue weighted by Crippen LogP contribution is 2.52. The number of aliphatic carboxylic acids is 1. The number of β-lactam (4-membered cyclic amide) rings is 1. The Morgan fingerprint density at radius 2 is 2.10 bits per heavy atom. The lowest BCUT2D eigenvalue weighted by atomic mass is 9.79. The third-order valence-corrected chi connectivity index (χ3v) is 10.0. The number of hydrogen-bond donors (Lipinski definition) is 3. The fraction of sp³-hybridized carbons (Fsp3) is 0.520. The van der Waals surface area contributed by atoms with E-state index in [1.807, 2.05) is 40.8 Å². The Morgan fingerprint density at radius 3 is 2.74 bits per heavy atom. The van der Waals surface area contributed by atoms with E-state index in [-0.39, 0.29) is 59.9 Å². The van der Waals surface area contributed by atoms with Gasteiger partial charge < -0.3 is 53.8 Å². The summed E-state index contributed by atoms with van der Waals surface area (Å²) in [5, 5.41) is 33.3. The van der Waals surface area contributed by atoms with E-state index in [0.29, 0.717) is 17.0 Å². The largest absolute Gasteiger partial charge is 1.00 e. The summed E-state index contributed by atoms with van der Waals surface area (Å²) in [6.07, 6.45) is 3.13. The number of nitrogens with zero attached hydrogens (tertiary/aromatic N) is 4. The maximum atomic E-state index is 13.0. The Kier molecular flexibility index (Phi) is 8.71. The Morgan fingerprint density at radius 1 is 1.38 bits per heavy atom. The molecule has 3 aliphatic rings. The van der Waals surface area contributed by atoms with E-state index in [0.717, 1.165) is 4.83 Å². The third-order valence-electron chi connectivity index (χ3n) is 7.65. The second-order valence-corrected chi connectivity index (χ2v) is 12.2. The summed E-state index contributed by atoms with van der Waals surface area (Å²) in [6, 6.07) is -1.03. The molecule has 2 saturated heterocycles. The quantitative estimate of drug-likeness (QED) is 0.132. The zero-order valence-electron chi connectivity index (χ0n) is 21.6. The third kappa shape index (κ3) is 4.87. The van der Waals surface area contributed by atoms with Crippen LogP contribution in [0.2, 0.25) is 0 Å². The van der Waals surface area contributed by atoms with E-state index >= 15 is 0 Å². The van der Waals surface area contributed by atoms with Gasteiger partial charge in [0.15, 0.2) is 5.69 Å². The van der Waals surface area contributed by atoms with Crippen molar-refractivity contribution >= 4 is 45.9 Å². The minimum absolute atomic E-state index is 0. The fourth-order valence-corrected chi connectivity index (χ4v) is 8.46. The number of carboxylic acids is 1. The van der Waals surface area contributed by atoms with Crippen molar-refractivity contribution in [1.29, 1.82) is 0 Å². The van der Waals surface area contributed by atoms with Gasteiger partial charge in [0.2, 0.25) is 17.1 Å². The number of likely N-dealkylation sites (tertiary alicyclic amines) is 1. The van der Waals surface area contributed by atoms with E-state index in [1.54, 1.807) is 6.92 Å². The Balaban J connectivity index is 0.00000353. The molecule has 3 N–H and O–H groups in total. The van der Waals surface area contributed by atoms with Gasteiger partial charge >= 0.3 is 12.1 Å². The molecule has 0 bridgehead atoms. The van der Waals surface area contributed by atoms with Gasteiger partial charge in [0.25, 0.3) is 0 Å². The number of rotatable bonds is 8. The van der Waals surface area contributed by atoms with Crippen LogP contribution in [0.15, 0.2) is 41.2 Å². The molecule has 2 fully saturated rings. The van der Waals surface area contributed by atoms with Gasteiger partial charge in [0.05, 0.1) is 31.2 Å². The number of thiazole rings is 1. The van der Waals surface area contributed by atoms with Gasteiger partial charge in [0.1, 0.15) is 24.6 Å². The van der Waals surface area contributed by atoms with Gasteiger partial charge in [-0.05, 0) is 13.3 Å². The minimum atomic E-state index is -1.20. The number of aliphatic hydroxyl groups is 2. The predicted molar refractivity (Wildman–Crippen MR) is 139 cm³/mol. The van der Waals surface area contributed by atoms with Crippen molar-refractivity contribution in [3.63, 3.8) is 0 Å². The van der Waals surface area contributed by atoms with Gasteiger partial charge in [-0.15, -0.1) is 11.8 Å². The SMILES string of the molecule is C=CCOC(=O)N1C[C@@H](SC2=C(C(=O)O)N3C(=O)[C@H]([C@@H](C)O)[C@H]3[C@H]2C)C[C@H]1C(O)c1c2scc[n+]2cn1C.[I-]. The molecule has 0 aromatic carbocycles. The van der Waals surface area contributed by atoms with Gasteiger partial charge in [-0.1, -0.05) is 30.9 Å². The number of thioether (sulfide) groups is 1. The molecule has 5 heterocycles. The molecule has 212 valence electrons. The first-order valence-electron chi connectivity index (χ1n) is 12.4. The van der Waals surface area contributed by atoms with Crippen LogP contribution in [0, 0.1) is 11.8 Å². The summed E-state index contributed by atoms with van der Waals surface area (Å²) in [5.74, 6) is -2.52. The van der Waals surface area contributed by atoms with Crippen molar-refractivity contribution < 1.29 is 62.8 Å². The lowest BCUT2D eigenvalue weighted by Crippen LogP contribution is -3.00. The molecule has 0 saturated carbocycles. The number of aryl methyl sites for hydroxylation is 1. The van der Waals surface area contributed by atoms with Gasteiger partial charge in [-0.25, -0.2) is 14.2 Å². The number of halogens is 1. The average molecular weight is 691 g/mol. The molecule has 7 atom stereocenters. The molecule has 14 heteroatoms. The van der Waals surface area contributed by atoms with E-state index in [9.17, 15) is 29.7 Å². The average Bonchev–Trinajstić information content (AvgIpc) is 3.59. The molecule has 3 aliphatic heterocycles. The maximum Gasteiger partial charge on any atom is 0.410 e. The van der Waals surface area contributed by atoms with Crippen LogP contribution in [0.4, 0.5) is 4.79 Å². The molecule has 0 radical (unpaired) electrons. The first-order chi connectivity index (χ1) is 18.1. The Hall–Kier alpha value is -2.14. The van der Waals surface area contributed by atoms with E-state index in [1.165, 1.54) is 39.0 Å². The number of hydrogen-bond acceptors (Lipinski definition) is 8. The van der Waals surface area contributed by atoms with Crippen LogP contribution < -0.4 is 28.4 Å². The first kappa shape index (κ1) is 29.8. The molecule has 2 aromatic heterocycles. The molecule has 1 unspecified atom stereocenters. The second-order valence-electron chi connectivity index (χ2n) is 10.0. The zero-order chi connectivity index (χ0) is 27.5. The zero-order valence-corrected chi connectivity index (χ0v) is 25.4. The topological polar surface area (TPSA) is 137 Å². The Labute approximate surface area is 250 Å². The van der Waals surface area contributed by atoms with Crippen LogP contribution in [0.3, 0.4) is 0 Å². The van der Waals surface area contributed by atoms with Gasteiger partial charge in [0, 0.05) is 28.0 Å². The predicted octanol–water partition coefficient (Wildman–Crippen LogP) is -1.48. The van der Waals surface area contributed by atoms with Crippen molar-refractivity contribution in [2.45, 2.75) is 49.8 Å². The summed E-state index contributed by atoms with van der Waals surface area (Å²) in [7, 11) is 1.84. The normalized spacial score (nSPS) is 27.7. The fourth-order valence-electron chi connectivity index (χ4n) is 5.98. The number of carboxylic acid groups (broad SMARTS) is 1. The molecule has 39 heavy (non-hydrogen) atoms. The molecule has 0 aliphatic carbocycles. The summed E-state index contributed by atoms with van der Waals surface area (Å²) >= 11 is 2.81. The standard InChI is InChI=1S/C25H30N4O7S2.HI/c1-5-7-36-25(35)28-10-14(9-15(28)20(31)18-23-27(6-8-37-23)11-26(18)4)38-21-12(2)17-16(13(3)30)22(32)29(17)19(21)24(33)34;/h5-6,8,11-17,20,30-31H,1,7,9-10H2,2-4H3;1H/t12-,13-,14+,15+,16-,17-,20?;/m1./s1. The number of ether oxygens (including phenoxy) is 1. The highest BCUT2D eigenvalue weighted by atomic mass is 127. The van der Waals surface area contributed by atoms with Crippen molar-refractivity contribution in [3.8, 4) is 0 Å². The second kappa shape index (κ2) is 11.4. The number of aliphatic hydroxyl groups excluding tert-OH is 2. The summed E-state index contributed by atoms with van der Waals surface area (Å²) < 4.78 is 9.07. The Bertz CT molecular complexity index is 1340. The van der Waals surface area contributed by atoms with Crippen molar-refractivity contribution in [1.82, 2.24) is 14.4 Å². The van der Waals surface area contributed by atoms with Crippen molar-refractivity contribution in [2.24, 2.45) is 18.9 Å². The smallest absolute Gasteiger partial charge is 0.410 e. The molecular weight excluding hydrogens is 659 g/mol. The highest BCUT2D eigenvalue weighted by Gasteiger charge is 2.60. The van der Waals surface area contributed by atoms with E-state index in [4.69, 9.17) is 4.74 Å². The molecule has 5 rings (SSSR count). The maximum absolute atomic E-state index is 13.0. The molecule has 2 amide bonds. The van der Waals surface area contributed by atoms with Crippen LogP contribution >= 0.6 is 23.1 Å². The van der Waals surface area contributed by atoms with Crippen LogP contribution in [0.25, 0.3) is 4.83 Å². The van der Waals surface area contributed by atoms with Crippen LogP contribution in [-0.4, -0.2) is 84.2 Å². The van der Waals surface area contributed by atoms with Crippen LogP contribution in [0.5, 0.6) is 0 Å². The summed E-state index contributed by atoms with van der Waals surface area (Å²) in [6.45, 7) is 7.25. The van der Waals surface area contributed by atoms with Gasteiger partial charge in [-0.2, -0.15) is 4.40 Å². The number of carbonyl (C=O) groups excluding carboxylic acids is 2. The number of fused-ring (bicyclic) bond motifs is 2. The summed E-state index contributed by atoms with van der Waals surface area (Å²) in [4.78, 5) is 42.2. The molecule has 11 nitrogen and oxygen atoms in total. The minimum Gasteiger partial charge on any atom is -1.00 e. The van der Waals surface area contributed by atoms with Crippen LogP contribution in [-0.2, 0) is 21.4 Å². The summed E-state index contributed by atoms with van der Waals surface area (Å²) in [5.41, 5.74) is 0.615. The van der Waals surface area contributed by atoms with Crippen molar-refractivity contribution in [3.05, 3.63) is 46.9 Å². The molecular formula is C25H31IN4O7S2. The monoisotopic (exact) mass is 690 g/mol. The lowest BCUT2D eigenvalue weighted by molar-refractivity contribution is -0.508. The molecule has 2 aromatic rings. The lowest BCUT2D eigenvalue weighted by Gasteiger charge is -2.46. The number of amides is 2. The van der Waals surface area contributed by atoms with Crippen molar-refractivity contribution in [2.75, 3.05) is 13.2 Å².